The van der Waals surface area contributed by atoms with E-state index in [9.17, 15) is 20.0 Å². The van der Waals surface area contributed by atoms with Crippen molar-refractivity contribution < 1.29 is 14.8 Å². The van der Waals surface area contributed by atoms with Crippen LogP contribution in [0.1, 0.15) is 15.9 Å². The molecule has 3 aromatic carbocycles. The van der Waals surface area contributed by atoms with E-state index in [0.29, 0.717) is 5.56 Å². The fourth-order valence-electron chi connectivity index (χ4n) is 2.33. The van der Waals surface area contributed by atoms with Crippen molar-refractivity contribution in [2.24, 2.45) is 5.10 Å². The number of nitrogens with one attached hydrogen (secondary N) is 1. The van der Waals surface area contributed by atoms with Gasteiger partial charge in [0.15, 0.2) is 0 Å². The van der Waals surface area contributed by atoms with Gasteiger partial charge in [-0.1, -0.05) is 30.3 Å². The second-order valence-corrected chi connectivity index (χ2v) is 5.26. The van der Waals surface area contributed by atoms with Crippen molar-refractivity contribution in [3.8, 4) is 5.75 Å². The highest BCUT2D eigenvalue weighted by Gasteiger charge is 2.10. The lowest BCUT2D eigenvalue weighted by molar-refractivity contribution is -0.384. The Balaban J connectivity index is 1.77. The number of non-ortho nitro benzene ring substituents is 1. The van der Waals surface area contributed by atoms with Crippen LogP contribution in [-0.2, 0) is 0 Å². The molecule has 0 atom stereocenters. The molecule has 0 aliphatic carbocycles. The van der Waals surface area contributed by atoms with Crippen molar-refractivity contribution >= 4 is 28.6 Å². The fourth-order valence-corrected chi connectivity index (χ4v) is 2.33. The number of hydrogen-bond acceptors (Lipinski definition) is 5. The van der Waals surface area contributed by atoms with Gasteiger partial charge in [-0.25, -0.2) is 5.43 Å². The summed E-state index contributed by atoms with van der Waals surface area (Å²) in [4.78, 5) is 22.2. The molecule has 3 rings (SSSR count). The number of hydrazone groups is 1. The van der Waals surface area contributed by atoms with Gasteiger partial charge in [-0.05, 0) is 29.0 Å². The molecule has 7 heteroatoms. The van der Waals surface area contributed by atoms with Crippen molar-refractivity contribution in [2.45, 2.75) is 0 Å². The SMILES string of the molecule is O=C(N/N=C/c1cc2ccccc2cc1O)c1cccc([N+](=O)[O-])c1. The predicted octanol–water partition coefficient (Wildman–Crippen LogP) is 3.22. The highest BCUT2D eigenvalue weighted by atomic mass is 16.6. The van der Waals surface area contributed by atoms with Crippen LogP contribution in [0.4, 0.5) is 5.69 Å². The number of rotatable bonds is 4. The average molecular weight is 335 g/mol. The van der Waals surface area contributed by atoms with Crippen LogP contribution in [0, 0.1) is 10.1 Å². The number of phenolic OH excluding ortho intramolecular Hbond substituents is 1. The number of nitro benzene ring substituents is 1. The molecule has 0 unspecified atom stereocenters. The van der Waals surface area contributed by atoms with E-state index in [1.54, 1.807) is 12.1 Å². The molecule has 3 aromatic rings. The second kappa shape index (κ2) is 6.79. The van der Waals surface area contributed by atoms with Crippen LogP contribution in [0.15, 0.2) is 65.8 Å². The van der Waals surface area contributed by atoms with Crippen molar-refractivity contribution in [1.29, 1.82) is 0 Å². The number of aromatic hydroxyl groups is 1. The molecule has 0 radical (unpaired) electrons. The van der Waals surface area contributed by atoms with Gasteiger partial charge in [0, 0.05) is 23.3 Å². The second-order valence-electron chi connectivity index (χ2n) is 5.26. The monoisotopic (exact) mass is 335 g/mol. The molecule has 0 saturated carbocycles. The van der Waals surface area contributed by atoms with Gasteiger partial charge in [0.2, 0.25) is 0 Å². The van der Waals surface area contributed by atoms with E-state index < -0.39 is 10.8 Å². The summed E-state index contributed by atoms with van der Waals surface area (Å²) in [7, 11) is 0. The third kappa shape index (κ3) is 3.61. The lowest BCUT2D eigenvalue weighted by Gasteiger charge is -2.03. The molecule has 0 saturated heterocycles. The molecule has 0 aromatic heterocycles. The van der Waals surface area contributed by atoms with Crippen LogP contribution >= 0.6 is 0 Å². The van der Waals surface area contributed by atoms with Gasteiger partial charge in [0.05, 0.1) is 11.1 Å². The highest BCUT2D eigenvalue weighted by molar-refractivity contribution is 5.97. The smallest absolute Gasteiger partial charge is 0.271 e. The summed E-state index contributed by atoms with van der Waals surface area (Å²) in [5.41, 5.74) is 2.67. The normalized spacial score (nSPS) is 10.9. The Kier molecular flexibility index (Phi) is 4.38. The van der Waals surface area contributed by atoms with Crippen molar-refractivity contribution in [3.63, 3.8) is 0 Å². The van der Waals surface area contributed by atoms with Crippen LogP contribution in [0.3, 0.4) is 0 Å². The number of amides is 1. The van der Waals surface area contributed by atoms with E-state index in [2.05, 4.69) is 10.5 Å². The molecule has 0 aliphatic heterocycles. The highest BCUT2D eigenvalue weighted by Crippen LogP contribution is 2.23. The first-order valence-electron chi connectivity index (χ1n) is 7.34. The first kappa shape index (κ1) is 16.1. The molecule has 0 heterocycles. The lowest BCUT2D eigenvalue weighted by atomic mass is 10.1. The Morgan fingerprint density at radius 3 is 2.52 bits per heavy atom. The zero-order chi connectivity index (χ0) is 17.8. The number of carbonyl (C=O) groups is 1. The fraction of sp³-hybridized carbons (Fsp3) is 0. The minimum absolute atomic E-state index is 0.0343. The van der Waals surface area contributed by atoms with Crippen LogP contribution in [0.5, 0.6) is 5.75 Å². The average Bonchev–Trinajstić information content (AvgIpc) is 2.62. The third-order valence-corrected chi connectivity index (χ3v) is 3.58. The lowest BCUT2D eigenvalue weighted by Crippen LogP contribution is -2.17. The molecule has 7 nitrogen and oxygen atoms in total. The molecular formula is C18H13N3O4. The van der Waals surface area contributed by atoms with Crippen LogP contribution in [-0.4, -0.2) is 22.2 Å². The summed E-state index contributed by atoms with van der Waals surface area (Å²) >= 11 is 0. The Hall–Kier alpha value is -3.74. The molecule has 124 valence electrons. The number of nitrogens with zero attached hydrogens (tertiary/aromatic N) is 2. The van der Waals surface area contributed by atoms with Gasteiger partial charge >= 0.3 is 0 Å². The predicted molar refractivity (Wildman–Crippen MR) is 93.8 cm³/mol. The van der Waals surface area contributed by atoms with E-state index in [-0.39, 0.29) is 17.0 Å². The molecule has 1 amide bonds. The summed E-state index contributed by atoms with van der Waals surface area (Å²) in [5, 5.41) is 26.4. The van der Waals surface area contributed by atoms with Crippen LogP contribution in [0.2, 0.25) is 0 Å². The maximum atomic E-state index is 12.0. The molecular weight excluding hydrogens is 322 g/mol. The van der Waals surface area contributed by atoms with E-state index >= 15 is 0 Å². The summed E-state index contributed by atoms with van der Waals surface area (Å²) in [6.45, 7) is 0. The third-order valence-electron chi connectivity index (χ3n) is 3.58. The molecule has 25 heavy (non-hydrogen) atoms. The summed E-state index contributed by atoms with van der Waals surface area (Å²) in [6.07, 6.45) is 1.32. The van der Waals surface area contributed by atoms with E-state index in [1.165, 1.54) is 30.5 Å². The molecule has 0 fully saturated rings. The van der Waals surface area contributed by atoms with Gasteiger partial charge in [-0.2, -0.15) is 5.10 Å². The van der Waals surface area contributed by atoms with Gasteiger partial charge in [0.1, 0.15) is 5.75 Å². The summed E-state index contributed by atoms with van der Waals surface area (Å²) < 4.78 is 0. The quantitative estimate of drug-likeness (QED) is 0.434. The van der Waals surface area contributed by atoms with Gasteiger partial charge < -0.3 is 5.11 Å². The zero-order valence-corrected chi connectivity index (χ0v) is 12.9. The first-order valence-corrected chi connectivity index (χ1v) is 7.34. The standard InChI is InChI=1S/C18H13N3O4/c22-17-10-13-5-2-1-4-12(13)8-15(17)11-19-20-18(23)14-6-3-7-16(9-14)21(24)25/h1-11,22H,(H,20,23)/b19-11+. The summed E-state index contributed by atoms with van der Waals surface area (Å²) in [6, 6.07) is 16.2. The Morgan fingerprint density at radius 1 is 1.08 bits per heavy atom. The molecule has 0 bridgehead atoms. The first-order chi connectivity index (χ1) is 12.0. The molecule has 0 spiro atoms. The number of nitro groups is 1. The topological polar surface area (TPSA) is 105 Å². The Bertz CT molecular complexity index is 999. The maximum Gasteiger partial charge on any atom is 0.271 e. The minimum Gasteiger partial charge on any atom is -0.507 e. The van der Waals surface area contributed by atoms with Gasteiger partial charge in [-0.3, -0.25) is 14.9 Å². The Labute approximate surface area is 142 Å². The largest absolute Gasteiger partial charge is 0.507 e. The van der Waals surface area contributed by atoms with Crippen molar-refractivity contribution in [2.75, 3.05) is 0 Å². The number of carbonyl (C=O) groups excluding carboxylic acids is 1. The maximum absolute atomic E-state index is 12.0. The van der Waals surface area contributed by atoms with Gasteiger partial charge in [0.25, 0.3) is 11.6 Å². The summed E-state index contributed by atoms with van der Waals surface area (Å²) in [5.74, 6) is -0.549. The van der Waals surface area contributed by atoms with Crippen LogP contribution < -0.4 is 5.43 Å². The number of hydrogen-bond donors (Lipinski definition) is 2. The van der Waals surface area contributed by atoms with Crippen molar-refractivity contribution in [3.05, 3.63) is 81.9 Å². The van der Waals surface area contributed by atoms with E-state index in [4.69, 9.17) is 0 Å². The number of fused-ring (bicyclic) bond motifs is 1. The number of phenols is 1. The minimum atomic E-state index is -0.583. The van der Waals surface area contributed by atoms with Crippen molar-refractivity contribution in [1.82, 2.24) is 5.43 Å². The van der Waals surface area contributed by atoms with E-state index in [0.717, 1.165) is 10.8 Å². The number of benzene rings is 3. The molecule has 2 N–H and O–H groups in total. The van der Waals surface area contributed by atoms with Gasteiger partial charge in [-0.15, -0.1) is 0 Å². The zero-order valence-electron chi connectivity index (χ0n) is 12.9. The Morgan fingerprint density at radius 2 is 1.80 bits per heavy atom. The molecule has 0 aliphatic rings. The van der Waals surface area contributed by atoms with E-state index in [1.807, 2.05) is 24.3 Å². The van der Waals surface area contributed by atoms with Crippen LogP contribution in [0.25, 0.3) is 10.8 Å².